The van der Waals surface area contributed by atoms with E-state index in [0.29, 0.717) is 38.5 Å². The Kier molecular flexibility index (Phi) is 9.28. The van der Waals surface area contributed by atoms with Gasteiger partial charge in [0.1, 0.15) is 11.5 Å². The molecule has 1 aliphatic rings. The smallest absolute Gasteiger partial charge is 0.289 e. The van der Waals surface area contributed by atoms with Crippen LogP contribution in [0.1, 0.15) is 23.0 Å². The van der Waals surface area contributed by atoms with Crippen molar-refractivity contribution in [2.24, 2.45) is 4.99 Å². The summed E-state index contributed by atoms with van der Waals surface area (Å²) in [6.45, 7) is 5.95. The van der Waals surface area contributed by atoms with E-state index in [1.807, 2.05) is 30.0 Å². The fourth-order valence-corrected chi connectivity index (χ4v) is 3.25. The molecule has 2 aromatic rings. The number of ether oxygens (including phenoxy) is 2. The number of furan rings is 1. The molecule has 2 heterocycles. The van der Waals surface area contributed by atoms with Crippen molar-refractivity contribution < 1.29 is 18.7 Å². The zero-order valence-electron chi connectivity index (χ0n) is 17.6. The van der Waals surface area contributed by atoms with Crippen molar-refractivity contribution in [3.05, 3.63) is 47.9 Å². The SMILES string of the molecule is CCNC(=NCc1ccc(OC)cc1OC)N1CCN(C(=O)c2ccco2)CC1.I. The number of carbonyl (C=O) groups excluding carboxylic acids is 1. The summed E-state index contributed by atoms with van der Waals surface area (Å²) in [6.07, 6.45) is 1.52. The molecule has 0 unspecified atom stereocenters. The number of nitrogens with one attached hydrogen (secondary N) is 1. The predicted octanol–water partition coefficient (Wildman–Crippen LogP) is 2.84. The quantitative estimate of drug-likeness (QED) is 0.353. The van der Waals surface area contributed by atoms with Crippen molar-refractivity contribution >= 4 is 35.8 Å². The Bertz CT molecular complexity index is 834. The van der Waals surface area contributed by atoms with Crippen LogP contribution in [0.15, 0.2) is 46.0 Å². The Morgan fingerprint density at radius 2 is 1.87 bits per heavy atom. The van der Waals surface area contributed by atoms with Gasteiger partial charge in [0.15, 0.2) is 11.7 Å². The molecule has 1 N–H and O–H groups in total. The van der Waals surface area contributed by atoms with Gasteiger partial charge < -0.3 is 29.0 Å². The third-order valence-corrected chi connectivity index (χ3v) is 4.83. The molecule has 0 radical (unpaired) electrons. The molecule has 0 bridgehead atoms. The van der Waals surface area contributed by atoms with Gasteiger partial charge >= 0.3 is 0 Å². The Hall–Kier alpha value is -2.43. The van der Waals surface area contributed by atoms with Crippen LogP contribution in [0.2, 0.25) is 0 Å². The van der Waals surface area contributed by atoms with Crippen molar-refractivity contribution in [1.82, 2.24) is 15.1 Å². The van der Waals surface area contributed by atoms with Crippen LogP contribution in [0.3, 0.4) is 0 Å². The van der Waals surface area contributed by atoms with Crippen LogP contribution in [0.5, 0.6) is 11.5 Å². The largest absolute Gasteiger partial charge is 0.497 e. The summed E-state index contributed by atoms with van der Waals surface area (Å²) in [7, 11) is 3.27. The van der Waals surface area contributed by atoms with Crippen molar-refractivity contribution in [3.63, 3.8) is 0 Å². The predicted molar refractivity (Wildman–Crippen MR) is 126 cm³/mol. The number of halogens is 1. The number of nitrogens with zero attached hydrogens (tertiary/aromatic N) is 3. The zero-order chi connectivity index (χ0) is 20.6. The first kappa shape index (κ1) is 23.8. The Labute approximate surface area is 194 Å². The lowest BCUT2D eigenvalue weighted by molar-refractivity contribution is 0.0657. The van der Waals surface area contributed by atoms with Crippen LogP contribution >= 0.6 is 24.0 Å². The molecule has 30 heavy (non-hydrogen) atoms. The number of hydrogen-bond acceptors (Lipinski definition) is 5. The lowest BCUT2D eigenvalue weighted by Crippen LogP contribution is -2.53. The molecular weight excluding hydrogens is 499 g/mol. The fourth-order valence-electron chi connectivity index (χ4n) is 3.25. The summed E-state index contributed by atoms with van der Waals surface area (Å²) >= 11 is 0. The first-order valence-corrected chi connectivity index (χ1v) is 9.73. The minimum Gasteiger partial charge on any atom is -0.497 e. The normalized spacial score (nSPS) is 14.2. The minimum atomic E-state index is -0.0699. The summed E-state index contributed by atoms with van der Waals surface area (Å²) in [4.78, 5) is 21.2. The minimum absolute atomic E-state index is 0. The van der Waals surface area contributed by atoms with Crippen molar-refractivity contribution in [1.29, 1.82) is 0 Å². The molecule has 1 amide bonds. The highest BCUT2D eigenvalue weighted by Crippen LogP contribution is 2.25. The van der Waals surface area contributed by atoms with E-state index in [4.69, 9.17) is 18.9 Å². The summed E-state index contributed by atoms with van der Waals surface area (Å²) in [5.41, 5.74) is 0.982. The van der Waals surface area contributed by atoms with Crippen LogP contribution < -0.4 is 14.8 Å². The number of methoxy groups -OCH3 is 2. The summed E-state index contributed by atoms with van der Waals surface area (Å²) in [6, 6.07) is 9.15. The highest BCUT2D eigenvalue weighted by Gasteiger charge is 2.25. The first-order valence-electron chi connectivity index (χ1n) is 9.73. The number of piperazine rings is 1. The average Bonchev–Trinajstić information content (AvgIpc) is 3.31. The van der Waals surface area contributed by atoms with Gasteiger partial charge in [0.05, 0.1) is 27.0 Å². The standard InChI is InChI=1S/C21H28N4O4.HI/c1-4-22-21(23-15-16-7-8-17(27-2)14-19(16)28-3)25-11-9-24(10-12-25)20(26)18-6-5-13-29-18;/h5-8,13-14H,4,9-12,15H2,1-3H3,(H,22,23);1H. The van der Waals surface area contributed by atoms with E-state index in [-0.39, 0.29) is 29.9 Å². The van der Waals surface area contributed by atoms with Gasteiger partial charge in [-0.15, -0.1) is 24.0 Å². The van der Waals surface area contributed by atoms with E-state index in [1.165, 1.54) is 6.26 Å². The lowest BCUT2D eigenvalue weighted by Gasteiger charge is -2.36. The maximum atomic E-state index is 12.4. The molecule has 1 aromatic carbocycles. The molecule has 1 fully saturated rings. The van der Waals surface area contributed by atoms with Gasteiger partial charge in [-0.1, -0.05) is 0 Å². The molecule has 0 aliphatic carbocycles. The molecule has 9 heteroatoms. The van der Waals surface area contributed by atoms with Crippen LogP contribution in [-0.2, 0) is 6.54 Å². The number of benzene rings is 1. The zero-order valence-corrected chi connectivity index (χ0v) is 19.9. The topological polar surface area (TPSA) is 79.5 Å². The first-order chi connectivity index (χ1) is 14.2. The van der Waals surface area contributed by atoms with Crippen molar-refractivity contribution in [2.75, 3.05) is 46.9 Å². The van der Waals surface area contributed by atoms with Crippen LogP contribution in [0.25, 0.3) is 0 Å². The second-order valence-corrected chi connectivity index (χ2v) is 6.60. The van der Waals surface area contributed by atoms with Gasteiger partial charge in [0.25, 0.3) is 5.91 Å². The average molecular weight is 528 g/mol. The second kappa shape index (κ2) is 11.7. The third kappa shape index (κ3) is 5.80. The number of carbonyl (C=O) groups is 1. The van der Waals surface area contributed by atoms with Gasteiger partial charge in [0, 0.05) is 44.4 Å². The van der Waals surface area contributed by atoms with E-state index in [1.54, 1.807) is 26.4 Å². The number of rotatable bonds is 6. The molecule has 0 atom stereocenters. The van der Waals surface area contributed by atoms with E-state index in [2.05, 4.69) is 10.2 Å². The number of guanidine groups is 1. The van der Waals surface area contributed by atoms with E-state index in [9.17, 15) is 4.79 Å². The molecule has 164 valence electrons. The van der Waals surface area contributed by atoms with Gasteiger partial charge in [-0.25, -0.2) is 4.99 Å². The highest BCUT2D eigenvalue weighted by molar-refractivity contribution is 14.0. The monoisotopic (exact) mass is 528 g/mol. The third-order valence-electron chi connectivity index (χ3n) is 4.83. The Balaban J connectivity index is 0.00000320. The fraction of sp³-hybridized carbons (Fsp3) is 0.429. The van der Waals surface area contributed by atoms with Crippen LogP contribution in [-0.4, -0.2) is 68.6 Å². The molecule has 1 saturated heterocycles. The number of hydrogen-bond donors (Lipinski definition) is 1. The summed E-state index contributed by atoms with van der Waals surface area (Å²) in [5, 5.41) is 3.34. The van der Waals surface area contributed by atoms with Gasteiger partial charge in [0.2, 0.25) is 0 Å². The van der Waals surface area contributed by atoms with Crippen molar-refractivity contribution in [2.45, 2.75) is 13.5 Å². The highest BCUT2D eigenvalue weighted by atomic mass is 127. The molecule has 0 spiro atoms. The summed E-state index contributed by atoms with van der Waals surface area (Å²) in [5.74, 6) is 2.64. The van der Waals surface area contributed by atoms with Crippen LogP contribution in [0.4, 0.5) is 0 Å². The molecule has 1 aliphatic heterocycles. The lowest BCUT2D eigenvalue weighted by atomic mass is 10.2. The van der Waals surface area contributed by atoms with Crippen LogP contribution in [0, 0.1) is 0 Å². The summed E-state index contributed by atoms with van der Waals surface area (Å²) < 4.78 is 15.9. The maximum absolute atomic E-state index is 12.4. The van der Waals surface area contributed by atoms with E-state index >= 15 is 0 Å². The van der Waals surface area contributed by atoms with Gasteiger partial charge in [-0.3, -0.25) is 4.79 Å². The van der Waals surface area contributed by atoms with Gasteiger partial charge in [-0.2, -0.15) is 0 Å². The molecule has 8 nitrogen and oxygen atoms in total. The van der Waals surface area contributed by atoms with E-state index < -0.39 is 0 Å². The maximum Gasteiger partial charge on any atom is 0.289 e. The Morgan fingerprint density at radius 3 is 2.47 bits per heavy atom. The molecular formula is C21H29IN4O4. The molecule has 0 saturated carbocycles. The van der Waals surface area contributed by atoms with Crippen molar-refractivity contribution in [3.8, 4) is 11.5 Å². The second-order valence-electron chi connectivity index (χ2n) is 6.60. The molecule has 3 rings (SSSR count). The van der Waals surface area contributed by atoms with Gasteiger partial charge in [-0.05, 0) is 31.2 Å². The number of aliphatic imine (C=N–C) groups is 1. The molecule has 1 aromatic heterocycles. The Morgan fingerprint density at radius 1 is 1.13 bits per heavy atom. The number of amides is 1. The van der Waals surface area contributed by atoms with E-state index in [0.717, 1.165) is 29.6 Å².